The molecule has 2 aromatic carbocycles. The van der Waals surface area contributed by atoms with Crippen molar-refractivity contribution < 1.29 is 5.11 Å². The van der Waals surface area contributed by atoms with Gasteiger partial charge in [0, 0.05) is 0 Å². The van der Waals surface area contributed by atoms with E-state index in [9.17, 15) is 5.11 Å². The van der Waals surface area contributed by atoms with E-state index in [0.29, 0.717) is 27.2 Å². The van der Waals surface area contributed by atoms with Crippen molar-refractivity contribution in [3.8, 4) is 5.75 Å². The molecular weight excluding hydrogens is 285 g/mol. The molecule has 0 amide bonds. The van der Waals surface area contributed by atoms with Crippen LogP contribution in [0.1, 0.15) is 0 Å². The van der Waals surface area contributed by atoms with Crippen LogP contribution in [0.3, 0.4) is 0 Å². The average molecular weight is 294 g/mol. The molecule has 0 radical (unpaired) electrons. The normalized spacial score (nSPS) is 10.8. The zero-order valence-electron chi connectivity index (χ0n) is 9.61. The number of aromatic nitrogens is 2. The highest BCUT2D eigenvalue weighted by molar-refractivity contribution is 6.39. The number of benzene rings is 2. The van der Waals surface area contributed by atoms with Crippen molar-refractivity contribution in [2.75, 3.05) is 5.32 Å². The maximum atomic E-state index is 9.70. The van der Waals surface area contributed by atoms with Gasteiger partial charge in [-0.2, -0.15) is 0 Å². The average Bonchev–Trinajstić information content (AvgIpc) is 2.78. The first kappa shape index (κ1) is 12.1. The van der Waals surface area contributed by atoms with Gasteiger partial charge in [-0.05, 0) is 24.3 Å². The molecule has 0 aliphatic heterocycles. The van der Waals surface area contributed by atoms with Gasteiger partial charge in [0.2, 0.25) is 5.95 Å². The van der Waals surface area contributed by atoms with Crippen LogP contribution in [0.4, 0.5) is 11.6 Å². The number of anilines is 2. The number of rotatable bonds is 2. The Bertz CT molecular complexity index is 734. The number of aromatic amines is 1. The van der Waals surface area contributed by atoms with E-state index in [0.717, 1.165) is 5.52 Å². The van der Waals surface area contributed by atoms with Crippen LogP contribution in [0.25, 0.3) is 11.0 Å². The summed E-state index contributed by atoms with van der Waals surface area (Å²) in [4.78, 5) is 7.30. The molecule has 0 spiro atoms. The van der Waals surface area contributed by atoms with E-state index < -0.39 is 0 Å². The summed E-state index contributed by atoms with van der Waals surface area (Å²) < 4.78 is 0. The van der Waals surface area contributed by atoms with E-state index in [1.165, 1.54) is 0 Å². The van der Waals surface area contributed by atoms with Crippen LogP contribution in [-0.4, -0.2) is 15.1 Å². The van der Waals surface area contributed by atoms with Crippen molar-refractivity contribution >= 4 is 45.9 Å². The van der Waals surface area contributed by atoms with Gasteiger partial charge in [-0.3, -0.25) is 0 Å². The van der Waals surface area contributed by atoms with E-state index in [-0.39, 0.29) is 5.75 Å². The Balaban J connectivity index is 2.04. The number of fused-ring (bicyclic) bond motifs is 1. The number of hydrogen-bond acceptors (Lipinski definition) is 3. The molecule has 0 fully saturated rings. The van der Waals surface area contributed by atoms with Crippen LogP contribution in [0.2, 0.25) is 10.0 Å². The van der Waals surface area contributed by atoms with Crippen molar-refractivity contribution in [3.05, 3.63) is 46.4 Å². The Morgan fingerprint density at radius 3 is 2.42 bits per heavy atom. The Morgan fingerprint density at radius 1 is 1.05 bits per heavy atom. The number of halogens is 2. The number of imidazole rings is 1. The number of nitrogens with zero attached hydrogens (tertiary/aromatic N) is 1. The van der Waals surface area contributed by atoms with Gasteiger partial charge in [0.05, 0.1) is 21.2 Å². The third kappa shape index (κ3) is 2.20. The van der Waals surface area contributed by atoms with Crippen molar-refractivity contribution in [3.63, 3.8) is 0 Å². The fourth-order valence-corrected chi connectivity index (χ4v) is 2.30. The van der Waals surface area contributed by atoms with Crippen molar-refractivity contribution in [2.24, 2.45) is 0 Å². The van der Waals surface area contributed by atoms with Gasteiger partial charge in [-0.1, -0.05) is 35.3 Å². The summed E-state index contributed by atoms with van der Waals surface area (Å²) in [6.45, 7) is 0. The fraction of sp³-hybridized carbons (Fsp3) is 0. The van der Waals surface area contributed by atoms with E-state index in [1.54, 1.807) is 30.3 Å². The molecule has 1 aromatic heterocycles. The van der Waals surface area contributed by atoms with Crippen LogP contribution in [0.15, 0.2) is 36.4 Å². The lowest BCUT2D eigenvalue weighted by molar-refractivity contribution is 0.480. The largest absolute Gasteiger partial charge is 0.506 e. The second-order valence-electron chi connectivity index (χ2n) is 3.98. The second kappa shape index (κ2) is 4.64. The molecule has 1 heterocycles. The van der Waals surface area contributed by atoms with Gasteiger partial charge in [-0.25, -0.2) is 4.98 Å². The molecule has 4 nitrogen and oxygen atoms in total. The Labute approximate surface area is 119 Å². The number of phenolic OH excluding ortho intramolecular Hbond substituents is 1. The summed E-state index contributed by atoms with van der Waals surface area (Å²) in [6.07, 6.45) is 0. The maximum absolute atomic E-state index is 9.70. The zero-order chi connectivity index (χ0) is 13.4. The van der Waals surface area contributed by atoms with Crippen molar-refractivity contribution in [1.82, 2.24) is 9.97 Å². The standard InChI is InChI=1S/C13H9Cl2N3O/c14-7-3-1-4-8(15)11(7)17-13-16-9-5-2-6-10(19)12(9)18-13/h1-6,19H,(H2,16,17,18). The van der Waals surface area contributed by atoms with Crippen molar-refractivity contribution in [2.45, 2.75) is 0 Å². The lowest BCUT2D eigenvalue weighted by atomic mass is 10.3. The number of hydrogen-bond donors (Lipinski definition) is 3. The van der Waals surface area contributed by atoms with Gasteiger partial charge in [0.15, 0.2) is 0 Å². The summed E-state index contributed by atoms with van der Waals surface area (Å²) >= 11 is 12.1. The number of nitrogens with one attached hydrogen (secondary N) is 2. The molecule has 0 saturated carbocycles. The summed E-state index contributed by atoms with van der Waals surface area (Å²) in [7, 11) is 0. The van der Waals surface area contributed by atoms with Crippen LogP contribution < -0.4 is 5.32 Å². The van der Waals surface area contributed by atoms with E-state index >= 15 is 0 Å². The molecule has 19 heavy (non-hydrogen) atoms. The smallest absolute Gasteiger partial charge is 0.205 e. The summed E-state index contributed by atoms with van der Waals surface area (Å²) in [6, 6.07) is 10.4. The topological polar surface area (TPSA) is 60.9 Å². The van der Waals surface area contributed by atoms with Crippen LogP contribution in [0.5, 0.6) is 5.75 Å². The third-order valence-electron chi connectivity index (χ3n) is 2.70. The maximum Gasteiger partial charge on any atom is 0.205 e. The Morgan fingerprint density at radius 2 is 1.74 bits per heavy atom. The van der Waals surface area contributed by atoms with E-state index in [1.807, 2.05) is 6.07 Å². The molecule has 0 aliphatic rings. The number of phenols is 1. The van der Waals surface area contributed by atoms with Gasteiger partial charge in [0.25, 0.3) is 0 Å². The lowest BCUT2D eigenvalue weighted by Crippen LogP contribution is -1.93. The molecule has 3 N–H and O–H groups in total. The van der Waals surface area contributed by atoms with Gasteiger partial charge in [0.1, 0.15) is 11.3 Å². The Kier molecular flexibility index (Phi) is 2.97. The monoisotopic (exact) mass is 293 g/mol. The first-order chi connectivity index (χ1) is 9.15. The number of H-pyrrole nitrogens is 1. The SMILES string of the molecule is Oc1cccc2[nH]c(Nc3c(Cl)cccc3Cl)nc12. The predicted molar refractivity (Wildman–Crippen MR) is 77.5 cm³/mol. The number of para-hydroxylation sites is 2. The molecule has 0 unspecified atom stereocenters. The highest BCUT2D eigenvalue weighted by Crippen LogP contribution is 2.33. The molecule has 0 atom stereocenters. The molecule has 0 saturated heterocycles. The Hall–Kier alpha value is -1.91. The fourth-order valence-electron chi connectivity index (χ4n) is 1.81. The quantitative estimate of drug-likeness (QED) is 0.659. The minimum atomic E-state index is 0.118. The molecule has 6 heteroatoms. The summed E-state index contributed by atoms with van der Waals surface area (Å²) in [5, 5.41) is 13.7. The van der Waals surface area contributed by atoms with E-state index in [2.05, 4.69) is 15.3 Å². The zero-order valence-corrected chi connectivity index (χ0v) is 11.1. The number of aromatic hydroxyl groups is 1. The van der Waals surface area contributed by atoms with Crippen LogP contribution in [0, 0.1) is 0 Å². The van der Waals surface area contributed by atoms with Gasteiger partial charge < -0.3 is 15.4 Å². The highest BCUT2D eigenvalue weighted by atomic mass is 35.5. The minimum absolute atomic E-state index is 0.118. The van der Waals surface area contributed by atoms with Crippen LogP contribution in [-0.2, 0) is 0 Å². The van der Waals surface area contributed by atoms with Crippen molar-refractivity contribution in [1.29, 1.82) is 0 Å². The third-order valence-corrected chi connectivity index (χ3v) is 3.33. The summed E-state index contributed by atoms with van der Waals surface area (Å²) in [5.41, 5.74) is 1.79. The molecule has 3 aromatic rings. The molecule has 0 aliphatic carbocycles. The molecule has 96 valence electrons. The first-order valence-electron chi connectivity index (χ1n) is 5.54. The molecule has 3 rings (SSSR count). The lowest BCUT2D eigenvalue weighted by Gasteiger charge is -2.06. The first-order valence-corrected chi connectivity index (χ1v) is 6.29. The second-order valence-corrected chi connectivity index (χ2v) is 4.79. The summed E-state index contributed by atoms with van der Waals surface area (Å²) in [5.74, 6) is 0.582. The highest BCUT2D eigenvalue weighted by Gasteiger charge is 2.10. The van der Waals surface area contributed by atoms with Crippen LogP contribution >= 0.6 is 23.2 Å². The minimum Gasteiger partial charge on any atom is -0.506 e. The molecular formula is C13H9Cl2N3O. The predicted octanol–water partition coefficient (Wildman–Crippen LogP) is 4.32. The van der Waals surface area contributed by atoms with Gasteiger partial charge in [-0.15, -0.1) is 0 Å². The van der Waals surface area contributed by atoms with Gasteiger partial charge >= 0.3 is 0 Å². The van der Waals surface area contributed by atoms with E-state index in [4.69, 9.17) is 23.2 Å². The molecule has 0 bridgehead atoms.